The molecule has 2 heterocycles. The van der Waals surface area contributed by atoms with Crippen LogP contribution in [-0.4, -0.2) is 20.2 Å². The first-order valence-corrected chi connectivity index (χ1v) is 5.59. The second-order valence-corrected chi connectivity index (χ2v) is 4.00. The fraction of sp³-hybridized carbons (Fsp3) is 0. The Morgan fingerprint density at radius 1 is 1.35 bits per heavy atom. The average Bonchev–Trinajstić information content (AvgIpc) is 3.09. The van der Waals surface area contributed by atoms with E-state index in [1.165, 1.54) is 18.3 Å². The van der Waals surface area contributed by atoms with Crippen molar-refractivity contribution in [2.75, 3.05) is 0 Å². The number of halogens is 1. The van der Waals surface area contributed by atoms with Gasteiger partial charge in [-0.05, 0) is 24.3 Å². The van der Waals surface area contributed by atoms with Gasteiger partial charge in [0.25, 0.3) is 5.89 Å². The molecule has 0 unspecified atom stereocenters. The van der Waals surface area contributed by atoms with E-state index in [2.05, 4.69) is 15.1 Å². The molecular formula is C13H7FN4O2. The predicted octanol–water partition coefficient (Wildman–Crippen LogP) is 2.45. The monoisotopic (exact) mass is 270 g/mol. The molecule has 0 fully saturated rings. The molecule has 0 spiro atoms. The van der Waals surface area contributed by atoms with Crippen LogP contribution >= 0.6 is 0 Å². The topological polar surface area (TPSA) is 98.7 Å². The minimum absolute atomic E-state index is 0.187. The molecule has 0 radical (unpaired) electrons. The number of H-pyrrole nitrogens is 1. The van der Waals surface area contributed by atoms with E-state index in [1.807, 2.05) is 6.07 Å². The zero-order valence-corrected chi connectivity index (χ0v) is 9.96. The molecule has 0 saturated carbocycles. The number of hydrogen-bond donors (Lipinski definition) is 2. The molecule has 3 aromatic rings. The van der Waals surface area contributed by atoms with Crippen molar-refractivity contribution in [2.24, 2.45) is 0 Å². The van der Waals surface area contributed by atoms with Gasteiger partial charge in [-0.2, -0.15) is 10.2 Å². The van der Waals surface area contributed by atoms with Crippen LogP contribution in [0.4, 0.5) is 4.39 Å². The highest BCUT2D eigenvalue weighted by atomic mass is 19.1. The van der Waals surface area contributed by atoms with Crippen molar-refractivity contribution >= 4 is 0 Å². The number of benzene rings is 1. The summed E-state index contributed by atoms with van der Waals surface area (Å²) in [5.74, 6) is -0.831. The summed E-state index contributed by atoms with van der Waals surface area (Å²) >= 11 is 0. The molecule has 20 heavy (non-hydrogen) atoms. The average molecular weight is 270 g/mol. The number of aromatic amines is 1. The molecule has 0 aliphatic rings. The Balaban J connectivity index is 1.97. The van der Waals surface area contributed by atoms with Gasteiger partial charge in [-0.15, -0.1) is 0 Å². The van der Waals surface area contributed by atoms with Gasteiger partial charge in [-0.1, -0.05) is 5.16 Å². The third-order valence-corrected chi connectivity index (χ3v) is 2.67. The van der Waals surface area contributed by atoms with Gasteiger partial charge >= 0.3 is 0 Å². The second kappa shape index (κ2) is 4.51. The van der Waals surface area contributed by atoms with Gasteiger partial charge < -0.3 is 14.6 Å². The lowest BCUT2D eigenvalue weighted by Gasteiger charge is -1.96. The summed E-state index contributed by atoms with van der Waals surface area (Å²) in [6.07, 6.45) is 1.51. The van der Waals surface area contributed by atoms with Gasteiger partial charge in [0.05, 0.1) is 5.56 Å². The van der Waals surface area contributed by atoms with E-state index >= 15 is 0 Å². The molecule has 2 N–H and O–H groups in total. The highest BCUT2D eigenvalue weighted by Crippen LogP contribution is 2.25. The number of rotatable bonds is 2. The standard InChI is InChI=1S/C13H7FN4O2/c14-9-4-8(1-2-11(9)19)12-17-13(20-18-12)10-3-7(5-15)6-16-10/h1-4,6,16,19H. The Morgan fingerprint density at radius 3 is 2.90 bits per heavy atom. The molecule has 3 rings (SSSR count). The fourth-order valence-electron chi connectivity index (χ4n) is 1.68. The molecule has 0 amide bonds. The summed E-state index contributed by atoms with van der Waals surface area (Å²) in [6.45, 7) is 0. The molecule has 0 aliphatic heterocycles. The molecule has 0 bridgehead atoms. The largest absolute Gasteiger partial charge is 0.505 e. The summed E-state index contributed by atoms with van der Waals surface area (Å²) < 4.78 is 18.3. The first-order chi connectivity index (χ1) is 9.67. The van der Waals surface area contributed by atoms with Crippen LogP contribution in [-0.2, 0) is 0 Å². The van der Waals surface area contributed by atoms with Crippen molar-refractivity contribution in [3.8, 4) is 34.8 Å². The van der Waals surface area contributed by atoms with Crippen molar-refractivity contribution in [1.82, 2.24) is 15.1 Å². The van der Waals surface area contributed by atoms with Crippen LogP contribution < -0.4 is 0 Å². The summed E-state index contributed by atoms with van der Waals surface area (Å²) in [7, 11) is 0. The lowest BCUT2D eigenvalue weighted by Crippen LogP contribution is -1.83. The maximum atomic E-state index is 13.3. The minimum Gasteiger partial charge on any atom is -0.505 e. The van der Waals surface area contributed by atoms with Crippen molar-refractivity contribution in [3.63, 3.8) is 0 Å². The molecule has 0 aliphatic carbocycles. The Morgan fingerprint density at radius 2 is 2.20 bits per heavy atom. The lowest BCUT2D eigenvalue weighted by atomic mass is 10.2. The van der Waals surface area contributed by atoms with Crippen LogP contribution in [0.3, 0.4) is 0 Å². The molecule has 6 nitrogen and oxygen atoms in total. The SMILES string of the molecule is N#Cc1c[nH]c(-c2nc(-c3ccc(O)c(F)c3)no2)c1. The number of phenolic OH excluding ortho intramolecular Hbond substituents is 1. The number of nitrogens with zero attached hydrogens (tertiary/aromatic N) is 3. The van der Waals surface area contributed by atoms with Gasteiger partial charge in [0, 0.05) is 11.8 Å². The Hall–Kier alpha value is -3.14. The Kier molecular flexibility index (Phi) is 2.69. The highest BCUT2D eigenvalue weighted by Gasteiger charge is 2.13. The van der Waals surface area contributed by atoms with E-state index in [-0.39, 0.29) is 11.7 Å². The van der Waals surface area contributed by atoms with E-state index in [0.29, 0.717) is 16.8 Å². The van der Waals surface area contributed by atoms with E-state index in [1.54, 1.807) is 6.07 Å². The van der Waals surface area contributed by atoms with E-state index in [4.69, 9.17) is 14.9 Å². The van der Waals surface area contributed by atoms with E-state index in [0.717, 1.165) is 6.07 Å². The molecular weight excluding hydrogens is 263 g/mol. The van der Waals surface area contributed by atoms with Gasteiger partial charge in [-0.25, -0.2) is 4.39 Å². The predicted molar refractivity (Wildman–Crippen MR) is 65.9 cm³/mol. The summed E-state index contributed by atoms with van der Waals surface area (Å²) in [5.41, 5.74) is 1.32. The van der Waals surface area contributed by atoms with Crippen molar-refractivity contribution in [3.05, 3.63) is 41.8 Å². The van der Waals surface area contributed by atoms with Crippen molar-refractivity contribution in [1.29, 1.82) is 5.26 Å². The van der Waals surface area contributed by atoms with Crippen molar-refractivity contribution < 1.29 is 14.0 Å². The lowest BCUT2D eigenvalue weighted by molar-refractivity contribution is 0.429. The summed E-state index contributed by atoms with van der Waals surface area (Å²) in [5, 5.41) is 21.6. The number of aromatic hydroxyl groups is 1. The van der Waals surface area contributed by atoms with Gasteiger partial charge in [0.15, 0.2) is 11.6 Å². The quantitative estimate of drug-likeness (QED) is 0.745. The zero-order valence-electron chi connectivity index (χ0n) is 9.96. The summed E-state index contributed by atoms with van der Waals surface area (Å²) in [4.78, 5) is 6.93. The second-order valence-electron chi connectivity index (χ2n) is 4.00. The first kappa shape index (κ1) is 11.9. The number of hydrogen-bond acceptors (Lipinski definition) is 5. The van der Waals surface area contributed by atoms with Crippen LogP contribution in [0.25, 0.3) is 23.0 Å². The summed E-state index contributed by atoms with van der Waals surface area (Å²) in [6, 6.07) is 7.33. The van der Waals surface area contributed by atoms with Crippen LogP contribution in [0.15, 0.2) is 35.0 Å². The third-order valence-electron chi connectivity index (χ3n) is 2.67. The fourth-order valence-corrected chi connectivity index (χ4v) is 1.68. The van der Waals surface area contributed by atoms with Crippen LogP contribution in [0, 0.1) is 17.1 Å². The number of phenols is 1. The molecule has 1 aromatic carbocycles. The molecule has 98 valence electrons. The van der Waals surface area contributed by atoms with Gasteiger partial charge in [0.1, 0.15) is 11.8 Å². The smallest absolute Gasteiger partial charge is 0.274 e. The van der Waals surface area contributed by atoms with E-state index < -0.39 is 11.6 Å². The minimum atomic E-state index is -0.763. The van der Waals surface area contributed by atoms with Gasteiger partial charge in [0.2, 0.25) is 5.82 Å². The Labute approximate surface area is 112 Å². The number of aromatic nitrogens is 3. The number of nitrogens with one attached hydrogen (secondary N) is 1. The zero-order chi connectivity index (χ0) is 14.1. The van der Waals surface area contributed by atoms with Crippen molar-refractivity contribution in [2.45, 2.75) is 0 Å². The maximum absolute atomic E-state index is 13.3. The molecule has 0 saturated heterocycles. The third kappa shape index (κ3) is 1.99. The molecule has 7 heteroatoms. The van der Waals surface area contributed by atoms with Crippen LogP contribution in [0.1, 0.15) is 5.56 Å². The molecule has 2 aromatic heterocycles. The van der Waals surface area contributed by atoms with Crippen LogP contribution in [0.5, 0.6) is 5.75 Å². The van der Waals surface area contributed by atoms with Gasteiger partial charge in [-0.3, -0.25) is 0 Å². The Bertz CT molecular complexity index is 816. The maximum Gasteiger partial charge on any atom is 0.274 e. The van der Waals surface area contributed by atoms with E-state index in [9.17, 15) is 4.39 Å². The van der Waals surface area contributed by atoms with Crippen LogP contribution in [0.2, 0.25) is 0 Å². The first-order valence-electron chi connectivity index (χ1n) is 5.59. The highest BCUT2D eigenvalue weighted by molar-refractivity contribution is 5.59. The normalized spacial score (nSPS) is 10.4. The number of nitriles is 1. The molecule has 0 atom stereocenters.